The average molecular weight is 299 g/mol. The lowest BCUT2D eigenvalue weighted by Crippen LogP contribution is -2.38. The Balaban J connectivity index is 2.85. The van der Waals surface area contributed by atoms with E-state index in [0.29, 0.717) is 0 Å². The van der Waals surface area contributed by atoms with Gasteiger partial charge in [0.05, 0.1) is 10.7 Å². The van der Waals surface area contributed by atoms with E-state index in [9.17, 15) is 9.18 Å². The topological polar surface area (TPSA) is 50.4 Å². The molecular formula is C14H16ClFN2O2. The number of hydrogen-bond donors (Lipinski definition) is 2. The maximum Gasteiger partial charge on any atom is 0.243 e. The third kappa shape index (κ3) is 4.32. The number of benzene rings is 1. The fourth-order valence-electron chi connectivity index (χ4n) is 1.17. The molecule has 108 valence electrons. The Morgan fingerprint density at radius 2 is 2.15 bits per heavy atom. The first-order valence-electron chi connectivity index (χ1n) is 5.87. The maximum absolute atomic E-state index is 13.7. The van der Waals surface area contributed by atoms with Crippen molar-refractivity contribution in [3.8, 4) is 18.1 Å². The Hall–Kier alpha value is -1.93. The van der Waals surface area contributed by atoms with E-state index in [2.05, 4.69) is 16.8 Å². The Labute approximate surface area is 122 Å². The average Bonchev–Trinajstić information content (AvgIpc) is 2.35. The molecule has 0 fully saturated rings. The first-order valence-corrected chi connectivity index (χ1v) is 6.25. The molecule has 1 aromatic carbocycles. The van der Waals surface area contributed by atoms with Crippen molar-refractivity contribution in [2.75, 3.05) is 12.0 Å². The number of hydrazine groups is 1. The van der Waals surface area contributed by atoms with Crippen LogP contribution >= 0.6 is 11.6 Å². The van der Waals surface area contributed by atoms with Crippen LogP contribution in [0.4, 0.5) is 10.1 Å². The molecule has 0 aliphatic heterocycles. The quantitative estimate of drug-likeness (QED) is 0.664. The zero-order valence-corrected chi connectivity index (χ0v) is 12.3. The maximum atomic E-state index is 13.7. The molecular weight excluding hydrogens is 283 g/mol. The standard InChI is InChI=1S/C14H16ClFN2O2/c1-5-6-20-12-8-11(10(16)7-9(12)15)17-18-13(19)14(2,3)4/h1,7-8,17H,6H2,2-4H3,(H,18,19). The van der Waals surface area contributed by atoms with Crippen molar-refractivity contribution >= 4 is 23.2 Å². The number of carbonyl (C=O) groups is 1. The molecule has 0 spiro atoms. The highest BCUT2D eigenvalue weighted by molar-refractivity contribution is 6.32. The second kappa shape index (κ2) is 6.49. The molecule has 0 aromatic heterocycles. The van der Waals surface area contributed by atoms with Crippen molar-refractivity contribution < 1.29 is 13.9 Å². The van der Waals surface area contributed by atoms with Crippen molar-refractivity contribution in [3.05, 3.63) is 23.0 Å². The Kier molecular flexibility index (Phi) is 5.23. The van der Waals surface area contributed by atoms with Gasteiger partial charge in [0.2, 0.25) is 5.91 Å². The van der Waals surface area contributed by atoms with Crippen LogP contribution in [0.15, 0.2) is 12.1 Å². The van der Waals surface area contributed by atoms with Crippen LogP contribution in [0.2, 0.25) is 5.02 Å². The van der Waals surface area contributed by atoms with Gasteiger partial charge in [-0.25, -0.2) is 4.39 Å². The normalized spacial score (nSPS) is 10.6. The summed E-state index contributed by atoms with van der Waals surface area (Å²) in [7, 11) is 0. The van der Waals surface area contributed by atoms with Crippen molar-refractivity contribution in [1.29, 1.82) is 0 Å². The van der Waals surface area contributed by atoms with Gasteiger partial charge in [0.25, 0.3) is 0 Å². The van der Waals surface area contributed by atoms with E-state index in [0.717, 1.165) is 6.07 Å². The van der Waals surface area contributed by atoms with E-state index >= 15 is 0 Å². The van der Waals surface area contributed by atoms with Crippen molar-refractivity contribution in [1.82, 2.24) is 5.43 Å². The zero-order valence-electron chi connectivity index (χ0n) is 11.5. The fraction of sp³-hybridized carbons (Fsp3) is 0.357. The molecule has 1 aromatic rings. The van der Waals surface area contributed by atoms with Crippen LogP contribution in [-0.2, 0) is 4.79 Å². The number of terminal acetylenes is 1. The molecule has 0 saturated carbocycles. The van der Waals surface area contributed by atoms with Gasteiger partial charge in [0, 0.05) is 11.5 Å². The van der Waals surface area contributed by atoms with Gasteiger partial charge in [-0.15, -0.1) is 6.42 Å². The Bertz CT molecular complexity index is 547. The molecule has 0 aliphatic rings. The second-order valence-corrected chi connectivity index (χ2v) is 5.49. The van der Waals surface area contributed by atoms with Crippen molar-refractivity contribution in [2.24, 2.45) is 5.41 Å². The fourth-order valence-corrected chi connectivity index (χ4v) is 1.37. The number of rotatable bonds is 4. The highest BCUT2D eigenvalue weighted by atomic mass is 35.5. The summed E-state index contributed by atoms with van der Waals surface area (Å²) in [5.41, 5.74) is 4.36. The predicted octanol–water partition coefficient (Wildman–Crippen LogP) is 2.98. The van der Waals surface area contributed by atoms with Gasteiger partial charge in [0.1, 0.15) is 18.2 Å². The zero-order chi connectivity index (χ0) is 15.3. The Morgan fingerprint density at radius 3 is 2.70 bits per heavy atom. The molecule has 0 heterocycles. The largest absolute Gasteiger partial charge is 0.479 e. The first-order chi connectivity index (χ1) is 9.25. The van der Waals surface area contributed by atoms with Crippen LogP contribution in [0.1, 0.15) is 20.8 Å². The van der Waals surface area contributed by atoms with Gasteiger partial charge in [-0.1, -0.05) is 38.3 Å². The molecule has 0 aliphatic carbocycles. The third-order valence-corrected chi connectivity index (χ3v) is 2.62. The Morgan fingerprint density at radius 1 is 1.50 bits per heavy atom. The highest BCUT2D eigenvalue weighted by Gasteiger charge is 2.21. The van der Waals surface area contributed by atoms with Crippen molar-refractivity contribution in [2.45, 2.75) is 20.8 Å². The molecule has 0 radical (unpaired) electrons. The molecule has 1 amide bonds. The summed E-state index contributed by atoms with van der Waals surface area (Å²) in [6.07, 6.45) is 5.08. The highest BCUT2D eigenvalue weighted by Crippen LogP contribution is 2.30. The number of carbonyl (C=O) groups excluding carboxylic acids is 1. The minimum atomic E-state index is -0.614. The molecule has 0 saturated heterocycles. The number of hydrogen-bond acceptors (Lipinski definition) is 3. The summed E-state index contributed by atoms with van der Waals surface area (Å²) < 4.78 is 18.9. The van der Waals surface area contributed by atoms with E-state index < -0.39 is 11.2 Å². The van der Waals surface area contributed by atoms with Crippen LogP contribution in [-0.4, -0.2) is 12.5 Å². The van der Waals surface area contributed by atoms with Gasteiger partial charge in [-0.05, 0) is 6.07 Å². The van der Waals surface area contributed by atoms with E-state index in [1.807, 2.05) is 0 Å². The molecule has 0 bridgehead atoms. The third-order valence-electron chi connectivity index (χ3n) is 2.32. The number of ether oxygens (including phenoxy) is 1. The summed E-state index contributed by atoms with van der Waals surface area (Å²) in [5.74, 6) is 1.62. The molecule has 0 unspecified atom stereocenters. The molecule has 1 rings (SSSR count). The number of nitrogens with one attached hydrogen (secondary N) is 2. The SMILES string of the molecule is C#CCOc1cc(NNC(=O)C(C)(C)C)c(F)cc1Cl. The minimum absolute atomic E-state index is 0.0130. The van der Waals surface area contributed by atoms with E-state index in [-0.39, 0.29) is 29.0 Å². The number of amides is 1. The number of anilines is 1. The van der Waals surface area contributed by atoms with Gasteiger partial charge in [-0.3, -0.25) is 15.6 Å². The van der Waals surface area contributed by atoms with Gasteiger partial charge >= 0.3 is 0 Å². The lowest BCUT2D eigenvalue weighted by atomic mass is 9.96. The van der Waals surface area contributed by atoms with Crippen LogP contribution in [0.3, 0.4) is 0 Å². The molecule has 4 nitrogen and oxygen atoms in total. The lowest BCUT2D eigenvalue weighted by Gasteiger charge is -2.19. The lowest BCUT2D eigenvalue weighted by molar-refractivity contribution is -0.127. The first kappa shape index (κ1) is 16.1. The van der Waals surface area contributed by atoms with Gasteiger partial charge < -0.3 is 4.74 Å². The summed E-state index contributed by atoms with van der Waals surface area (Å²) >= 11 is 5.82. The monoisotopic (exact) mass is 298 g/mol. The van der Waals surface area contributed by atoms with Crippen LogP contribution in [0.25, 0.3) is 0 Å². The van der Waals surface area contributed by atoms with Crippen molar-refractivity contribution in [3.63, 3.8) is 0 Å². The molecule has 20 heavy (non-hydrogen) atoms. The molecule has 6 heteroatoms. The van der Waals surface area contributed by atoms with E-state index in [1.54, 1.807) is 20.8 Å². The molecule has 2 N–H and O–H groups in total. The summed E-state index contributed by atoms with van der Waals surface area (Å²) in [4.78, 5) is 11.7. The summed E-state index contributed by atoms with van der Waals surface area (Å²) in [6.45, 7) is 5.23. The van der Waals surface area contributed by atoms with Gasteiger partial charge in [-0.2, -0.15) is 0 Å². The molecule has 0 atom stereocenters. The van der Waals surface area contributed by atoms with Crippen LogP contribution in [0, 0.1) is 23.6 Å². The van der Waals surface area contributed by atoms with E-state index in [4.69, 9.17) is 22.8 Å². The second-order valence-electron chi connectivity index (χ2n) is 5.08. The van der Waals surface area contributed by atoms with Gasteiger partial charge in [0.15, 0.2) is 0 Å². The summed E-state index contributed by atoms with van der Waals surface area (Å²) in [6, 6.07) is 2.41. The minimum Gasteiger partial charge on any atom is -0.479 e. The predicted molar refractivity (Wildman–Crippen MR) is 77.0 cm³/mol. The van der Waals surface area contributed by atoms with Crippen LogP contribution < -0.4 is 15.6 Å². The smallest absolute Gasteiger partial charge is 0.243 e. The van der Waals surface area contributed by atoms with E-state index in [1.165, 1.54) is 6.07 Å². The summed E-state index contributed by atoms with van der Waals surface area (Å²) in [5, 5.41) is 0.102. The van der Waals surface area contributed by atoms with Crippen LogP contribution in [0.5, 0.6) is 5.75 Å². The number of halogens is 2.